The highest BCUT2D eigenvalue weighted by molar-refractivity contribution is 5.55. The average Bonchev–Trinajstić information content (AvgIpc) is 3.11. The minimum atomic E-state index is 0.294. The number of carbonyl (C=O) groups excluding carboxylic acids is 1. The van der Waals surface area contributed by atoms with Gasteiger partial charge in [0, 0.05) is 13.0 Å². The van der Waals surface area contributed by atoms with Crippen LogP contribution in [0.4, 0.5) is 0 Å². The zero-order chi connectivity index (χ0) is 22.8. The molecule has 8 atom stereocenters. The fourth-order valence-corrected chi connectivity index (χ4v) is 8.83. The standard InChI is InChI=1S/C28H46O.CH4O/c1-19(2)7-6-8-20(3)24-11-12-25-23-10-9-22-17-21(18-29)13-15-27(22,4)26(23)14-16-28(24,25)5;1-2/h9,18-21,23-26H,6-8,10-17H2,1-5H3;2H,1H3. The van der Waals surface area contributed by atoms with Crippen molar-refractivity contribution in [2.45, 2.75) is 105 Å². The van der Waals surface area contributed by atoms with Crippen molar-refractivity contribution in [2.75, 3.05) is 7.11 Å². The van der Waals surface area contributed by atoms with Crippen LogP contribution in [0, 0.1) is 52.3 Å². The lowest BCUT2D eigenvalue weighted by Crippen LogP contribution is -2.50. The second-order valence-electron chi connectivity index (χ2n) is 12.4. The van der Waals surface area contributed by atoms with Gasteiger partial charge in [-0.25, -0.2) is 0 Å². The normalized spacial score (nSPS) is 42.5. The van der Waals surface area contributed by atoms with Crippen LogP contribution >= 0.6 is 0 Å². The van der Waals surface area contributed by atoms with Crippen LogP contribution in [0.15, 0.2) is 11.6 Å². The van der Waals surface area contributed by atoms with Gasteiger partial charge in [-0.15, -0.1) is 0 Å². The molecule has 2 nitrogen and oxygen atoms in total. The summed E-state index contributed by atoms with van der Waals surface area (Å²) in [5.74, 6) is 5.71. The van der Waals surface area contributed by atoms with Gasteiger partial charge in [0.1, 0.15) is 6.29 Å². The van der Waals surface area contributed by atoms with E-state index in [0.29, 0.717) is 16.7 Å². The number of aldehydes is 1. The van der Waals surface area contributed by atoms with Gasteiger partial charge in [-0.2, -0.15) is 0 Å². The molecule has 2 heteroatoms. The van der Waals surface area contributed by atoms with E-state index >= 15 is 0 Å². The van der Waals surface area contributed by atoms with E-state index in [1.54, 1.807) is 5.57 Å². The van der Waals surface area contributed by atoms with Crippen molar-refractivity contribution in [3.8, 4) is 0 Å². The SMILES string of the molecule is CC(C)CCCC(C)C1CCC2C3CC=C4CC(C=O)CCC4(C)C3CCC12C.CO. The molecule has 4 aliphatic rings. The van der Waals surface area contributed by atoms with Crippen molar-refractivity contribution in [1.29, 1.82) is 0 Å². The zero-order valence-electron chi connectivity index (χ0n) is 21.3. The fraction of sp³-hybridized carbons (Fsp3) is 0.897. The van der Waals surface area contributed by atoms with Crippen LogP contribution in [-0.4, -0.2) is 18.5 Å². The predicted octanol–water partition coefficient (Wildman–Crippen LogP) is 7.45. The Morgan fingerprint density at radius 1 is 1.03 bits per heavy atom. The van der Waals surface area contributed by atoms with Crippen molar-refractivity contribution in [1.82, 2.24) is 0 Å². The van der Waals surface area contributed by atoms with Crippen LogP contribution in [0.1, 0.15) is 105 Å². The maximum absolute atomic E-state index is 11.4. The smallest absolute Gasteiger partial charge is 0.123 e. The first-order chi connectivity index (χ1) is 14.8. The van der Waals surface area contributed by atoms with E-state index in [1.165, 1.54) is 64.1 Å². The molecule has 0 aromatic carbocycles. The molecule has 0 saturated heterocycles. The molecule has 31 heavy (non-hydrogen) atoms. The molecule has 0 amide bonds. The van der Waals surface area contributed by atoms with Crippen molar-refractivity contribution < 1.29 is 9.90 Å². The molecule has 178 valence electrons. The molecular weight excluding hydrogens is 380 g/mol. The zero-order valence-corrected chi connectivity index (χ0v) is 21.3. The molecule has 0 heterocycles. The monoisotopic (exact) mass is 430 g/mol. The van der Waals surface area contributed by atoms with Gasteiger partial charge < -0.3 is 9.90 Å². The molecule has 0 radical (unpaired) electrons. The summed E-state index contributed by atoms with van der Waals surface area (Å²) in [6.45, 7) is 12.6. The van der Waals surface area contributed by atoms with E-state index < -0.39 is 0 Å². The summed E-state index contributed by atoms with van der Waals surface area (Å²) < 4.78 is 0. The molecule has 0 aromatic heterocycles. The Hall–Kier alpha value is -0.630. The largest absolute Gasteiger partial charge is 0.400 e. The third-order valence-electron chi connectivity index (χ3n) is 10.5. The van der Waals surface area contributed by atoms with Crippen LogP contribution in [0.3, 0.4) is 0 Å². The van der Waals surface area contributed by atoms with E-state index in [4.69, 9.17) is 5.11 Å². The highest BCUT2D eigenvalue weighted by Gasteiger charge is 2.59. The molecule has 4 aliphatic carbocycles. The summed E-state index contributed by atoms with van der Waals surface area (Å²) in [5.41, 5.74) is 2.63. The highest BCUT2D eigenvalue weighted by atomic mass is 16.2. The Morgan fingerprint density at radius 3 is 2.45 bits per heavy atom. The number of allylic oxidation sites excluding steroid dienone is 2. The second-order valence-corrected chi connectivity index (χ2v) is 12.4. The molecule has 3 fully saturated rings. The molecule has 4 rings (SSSR count). The molecule has 3 saturated carbocycles. The number of fused-ring (bicyclic) bond motifs is 5. The first kappa shape index (κ1) is 25.0. The maximum atomic E-state index is 11.4. The summed E-state index contributed by atoms with van der Waals surface area (Å²) in [4.78, 5) is 11.4. The van der Waals surface area contributed by atoms with Gasteiger partial charge in [0.25, 0.3) is 0 Å². The highest BCUT2D eigenvalue weighted by Crippen LogP contribution is 2.67. The predicted molar refractivity (Wildman–Crippen MR) is 131 cm³/mol. The molecule has 0 bridgehead atoms. The lowest BCUT2D eigenvalue weighted by molar-refractivity contribution is -0.112. The lowest BCUT2D eigenvalue weighted by Gasteiger charge is -2.58. The average molecular weight is 431 g/mol. The van der Waals surface area contributed by atoms with Crippen molar-refractivity contribution >= 4 is 6.29 Å². The Labute approximate surface area is 192 Å². The maximum Gasteiger partial charge on any atom is 0.123 e. The molecule has 0 aromatic rings. The number of carbonyl (C=O) groups is 1. The van der Waals surface area contributed by atoms with E-state index in [1.807, 2.05) is 0 Å². The van der Waals surface area contributed by atoms with Crippen LogP contribution in [0.2, 0.25) is 0 Å². The van der Waals surface area contributed by atoms with Gasteiger partial charge in [-0.05, 0) is 97.7 Å². The van der Waals surface area contributed by atoms with E-state index in [2.05, 4.69) is 40.7 Å². The van der Waals surface area contributed by atoms with Crippen LogP contribution in [0.5, 0.6) is 0 Å². The van der Waals surface area contributed by atoms with Gasteiger partial charge in [0.15, 0.2) is 0 Å². The first-order valence-electron chi connectivity index (χ1n) is 13.4. The Morgan fingerprint density at radius 2 is 1.77 bits per heavy atom. The van der Waals surface area contributed by atoms with E-state index in [9.17, 15) is 4.79 Å². The quantitative estimate of drug-likeness (QED) is 0.351. The number of hydrogen-bond acceptors (Lipinski definition) is 2. The summed E-state index contributed by atoms with van der Waals surface area (Å²) >= 11 is 0. The number of hydrogen-bond donors (Lipinski definition) is 1. The second kappa shape index (κ2) is 10.1. The Kier molecular flexibility index (Phi) is 8.15. The van der Waals surface area contributed by atoms with Crippen LogP contribution in [-0.2, 0) is 4.79 Å². The number of aliphatic hydroxyl groups is 1. The number of aliphatic hydroxyl groups excluding tert-OH is 1. The van der Waals surface area contributed by atoms with Crippen LogP contribution in [0.25, 0.3) is 0 Å². The summed E-state index contributed by atoms with van der Waals surface area (Å²) in [6.07, 6.45) is 18.7. The van der Waals surface area contributed by atoms with E-state index in [-0.39, 0.29) is 0 Å². The Balaban J connectivity index is 0.00000132. The van der Waals surface area contributed by atoms with Gasteiger partial charge >= 0.3 is 0 Å². The van der Waals surface area contributed by atoms with Gasteiger partial charge in [-0.3, -0.25) is 0 Å². The molecule has 0 spiro atoms. The number of rotatable bonds is 6. The fourth-order valence-electron chi connectivity index (χ4n) is 8.83. The molecular formula is C29H50O2. The van der Waals surface area contributed by atoms with Crippen LogP contribution < -0.4 is 0 Å². The molecule has 8 unspecified atom stereocenters. The minimum Gasteiger partial charge on any atom is -0.400 e. The third kappa shape index (κ3) is 4.57. The van der Waals surface area contributed by atoms with E-state index in [0.717, 1.165) is 55.5 Å². The summed E-state index contributed by atoms with van der Waals surface area (Å²) in [7, 11) is 1.00. The summed E-state index contributed by atoms with van der Waals surface area (Å²) in [5, 5.41) is 7.00. The van der Waals surface area contributed by atoms with Gasteiger partial charge in [0.2, 0.25) is 0 Å². The minimum absolute atomic E-state index is 0.294. The van der Waals surface area contributed by atoms with Crippen molar-refractivity contribution in [3.63, 3.8) is 0 Å². The van der Waals surface area contributed by atoms with Gasteiger partial charge in [-0.1, -0.05) is 65.5 Å². The summed E-state index contributed by atoms with van der Waals surface area (Å²) in [6, 6.07) is 0. The molecule has 0 aliphatic heterocycles. The third-order valence-corrected chi connectivity index (χ3v) is 10.5. The lowest BCUT2D eigenvalue weighted by atomic mass is 9.46. The first-order valence-corrected chi connectivity index (χ1v) is 13.4. The Bertz CT molecular complexity index is 637. The van der Waals surface area contributed by atoms with Gasteiger partial charge in [0.05, 0.1) is 0 Å². The van der Waals surface area contributed by atoms with Crippen molar-refractivity contribution in [3.05, 3.63) is 11.6 Å². The topological polar surface area (TPSA) is 37.3 Å². The molecule has 1 N–H and O–H groups in total. The van der Waals surface area contributed by atoms with Crippen molar-refractivity contribution in [2.24, 2.45) is 52.3 Å².